The Balaban J connectivity index is 1.70. The lowest BCUT2D eigenvalue weighted by atomic mass is 10.0. The third kappa shape index (κ3) is 3.41. The summed E-state index contributed by atoms with van der Waals surface area (Å²) in [6.07, 6.45) is 0. The topological polar surface area (TPSA) is 29.1 Å². The molecule has 3 aromatic carbocycles. The molecule has 1 amide bonds. The van der Waals surface area contributed by atoms with Gasteiger partial charge in [-0.25, -0.2) is 0 Å². The highest BCUT2D eigenvalue weighted by atomic mass is 16.1. The van der Waals surface area contributed by atoms with E-state index >= 15 is 0 Å². The van der Waals surface area contributed by atoms with Crippen LogP contribution in [0.4, 0.5) is 0 Å². The number of amides is 1. The maximum absolute atomic E-state index is 12.1. The average Bonchev–Trinajstić information content (AvgIpc) is 2.61. The zero-order chi connectivity index (χ0) is 15.2. The molecule has 1 radical (unpaired) electrons. The third-order valence-electron chi connectivity index (χ3n) is 3.44. The van der Waals surface area contributed by atoms with Gasteiger partial charge in [0.15, 0.2) is 0 Å². The molecule has 0 unspecified atom stereocenters. The molecule has 0 bridgehead atoms. The number of benzene rings is 3. The number of hydrogen-bond acceptors (Lipinski definition) is 1. The average molecular weight is 286 g/mol. The molecule has 2 heteroatoms. The molecular formula is C20H16NO. The van der Waals surface area contributed by atoms with E-state index in [-0.39, 0.29) is 5.91 Å². The van der Waals surface area contributed by atoms with Crippen LogP contribution in [-0.2, 0) is 6.54 Å². The first kappa shape index (κ1) is 14.1. The summed E-state index contributed by atoms with van der Waals surface area (Å²) in [5.74, 6) is -0.0605. The maximum atomic E-state index is 12.1. The zero-order valence-corrected chi connectivity index (χ0v) is 12.1. The van der Waals surface area contributed by atoms with E-state index in [0.717, 1.165) is 16.7 Å². The van der Waals surface area contributed by atoms with Crippen LogP contribution in [0.15, 0.2) is 78.9 Å². The number of carbonyl (C=O) groups is 1. The fourth-order valence-electron chi connectivity index (χ4n) is 2.28. The molecule has 0 atom stereocenters. The molecule has 0 heterocycles. The Morgan fingerprint density at radius 2 is 1.59 bits per heavy atom. The van der Waals surface area contributed by atoms with Crippen LogP contribution in [-0.4, -0.2) is 5.91 Å². The van der Waals surface area contributed by atoms with Crippen LogP contribution in [0, 0.1) is 6.07 Å². The summed E-state index contributed by atoms with van der Waals surface area (Å²) < 4.78 is 0. The Morgan fingerprint density at radius 3 is 2.32 bits per heavy atom. The number of rotatable bonds is 4. The summed E-state index contributed by atoms with van der Waals surface area (Å²) in [5.41, 5.74) is 3.89. The minimum Gasteiger partial charge on any atom is -0.348 e. The van der Waals surface area contributed by atoms with Gasteiger partial charge < -0.3 is 5.32 Å². The fraction of sp³-hybridized carbons (Fsp3) is 0.0500. The van der Waals surface area contributed by atoms with E-state index < -0.39 is 0 Å². The van der Waals surface area contributed by atoms with Gasteiger partial charge in [0.2, 0.25) is 0 Å². The second-order valence-corrected chi connectivity index (χ2v) is 5.03. The Kier molecular flexibility index (Phi) is 4.30. The molecule has 0 saturated heterocycles. The summed E-state index contributed by atoms with van der Waals surface area (Å²) in [5, 5.41) is 2.94. The SMILES string of the molecule is O=C(NCc1cc[c]c(-c2ccccc2)c1)c1ccccc1. The first-order valence-electron chi connectivity index (χ1n) is 7.22. The summed E-state index contributed by atoms with van der Waals surface area (Å²) in [6.45, 7) is 0.502. The largest absolute Gasteiger partial charge is 0.348 e. The summed E-state index contributed by atoms with van der Waals surface area (Å²) in [6, 6.07) is 28.5. The highest BCUT2D eigenvalue weighted by Gasteiger charge is 2.04. The van der Waals surface area contributed by atoms with Crippen molar-refractivity contribution in [2.75, 3.05) is 0 Å². The van der Waals surface area contributed by atoms with Crippen molar-refractivity contribution >= 4 is 5.91 Å². The van der Waals surface area contributed by atoms with E-state index in [1.54, 1.807) is 0 Å². The van der Waals surface area contributed by atoms with Gasteiger partial charge in [0, 0.05) is 12.1 Å². The smallest absolute Gasteiger partial charge is 0.251 e. The predicted molar refractivity (Wildman–Crippen MR) is 88.3 cm³/mol. The Morgan fingerprint density at radius 1 is 0.909 bits per heavy atom. The van der Waals surface area contributed by atoms with Gasteiger partial charge >= 0.3 is 0 Å². The molecular weight excluding hydrogens is 270 g/mol. The minimum absolute atomic E-state index is 0.0605. The highest BCUT2D eigenvalue weighted by molar-refractivity contribution is 5.94. The summed E-state index contributed by atoms with van der Waals surface area (Å²) in [7, 11) is 0. The quantitative estimate of drug-likeness (QED) is 0.769. The van der Waals surface area contributed by atoms with Crippen molar-refractivity contribution < 1.29 is 4.79 Å². The van der Waals surface area contributed by atoms with Gasteiger partial charge in [-0.3, -0.25) is 4.79 Å². The molecule has 22 heavy (non-hydrogen) atoms. The van der Waals surface area contributed by atoms with Gasteiger partial charge in [-0.05, 0) is 41.0 Å². The van der Waals surface area contributed by atoms with Crippen LogP contribution in [0.1, 0.15) is 15.9 Å². The molecule has 0 aliphatic rings. The molecule has 0 fully saturated rings. The number of carbonyl (C=O) groups excluding carboxylic acids is 1. The molecule has 0 aromatic heterocycles. The lowest BCUT2D eigenvalue weighted by Gasteiger charge is -2.07. The van der Waals surface area contributed by atoms with Gasteiger partial charge in [-0.1, -0.05) is 60.7 Å². The van der Waals surface area contributed by atoms with Crippen LogP contribution in [0.5, 0.6) is 0 Å². The lowest BCUT2D eigenvalue weighted by Crippen LogP contribution is -2.22. The minimum atomic E-state index is -0.0605. The zero-order valence-electron chi connectivity index (χ0n) is 12.1. The van der Waals surface area contributed by atoms with Crippen LogP contribution in [0.25, 0.3) is 11.1 Å². The fourth-order valence-corrected chi connectivity index (χ4v) is 2.28. The van der Waals surface area contributed by atoms with Crippen molar-refractivity contribution in [2.24, 2.45) is 0 Å². The van der Waals surface area contributed by atoms with E-state index in [0.29, 0.717) is 12.1 Å². The molecule has 0 spiro atoms. The maximum Gasteiger partial charge on any atom is 0.251 e. The van der Waals surface area contributed by atoms with Gasteiger partial charge in [0.25, 0.3) is 5.91 Å². The van der Waals surface area contributed by atoms with Crippen LogP contribution < -0.4 is 5.32 Å². The monoisotopic (exact) mass is 286 g/mol. The molecule has 107 valence electrons. The van der Waals surface area contributed by atoms with Crippen molar-refractivity contribution in [3.63, 3.8) is 0 Å². The molecule has 0 aliphatic heterocycles. The number of hydrogen-bond donors (Lipinski definition) is 1. The Labute approximate surface area is 130 Å². The summed E-state index contributed by atoms with van der Waals surface area (Å²) in [4.78, 5) is 12.1. The van der Waals surface area contributed by atoms with Crippen LogP contribution >= 0.6 is 0 Å². The number of nitrogens with one attached hydrogen (secondary N) is 1. The highest BCUT2D eigenvalue weighted by Crippen LogP contribution is 2.19. The standard InChI is InChI=1S/C20H16NO/c22-20(18-11-5-2-6-12-18)21-15-16-8-7-13-19(14-16)17-9-3-1-4-10-17/h1-12,14H,15H2,(H,21,22). The Hall–Kier alpha value is -2.87. The van der Waals surface area contributed by atoms with Crippen LogP contribution in [0.2, 0.25) is 0 Å². The van der Waals surface area contributed by atoms with E-state index in [9.17, 15) is 4.79 Å². The second-order valence-electron chi connectivity index (χ2n) is 5.03. The lowest BCUT2D eigenvalue weighted by molar-refractivity contribution is 0.0951. The first-order chi connectivity index (χ1) is 10.8. The van der Waals surface area contributed by atoms with Gasteiger partial charge in [-0.2, -0.15) is 0 Å². The molecule has 1 N–H and O–H groups in total. The molecule has 0 aliphatic carbocycles. The van der Waals surface area contributed by atoms with Crippen molar-refractivity contribution in [3.8, 4) is 11.1 Å². The van der Waals surface area contributed by atoms with E-state index in [2.05, 4.69) is 29.6 Å². The van der Waals surface area contributed by atoms with Crippen molar-refractivity contribution in [3.05, 3.63) is 96.1 Å². The van der Waals surface area contributed by atoms with Crippen LogP contribution in [0.3, 0.4) is 0 Å². The molecule has 2 nitrogen and oxygen atoms in total. The molecule has 3 aromatic rings. The second kappa shape index (κ2) is 6.72. The van der Waals surface area contributed by atoms with Crippen molar-refractivity contribution in [2.45, 2.75) is 6.54 Å². The summed E-state index contributed by atoms with van der Waals surface area (Å²) >= 11 is 0. The van der Waals surface area contributed by atoms with E-state index in [1.165, 1.54) is 0 Å². The van der Waals surface area contributed by atoms with Gasteiger partial charge in [-0.15, -0.1) is 0 Å². The van der Waals surface area contributed by atoms with Gasteiger partial charge in [0.1, 0.15) is 0 Å². The van der Waals surface area contributed by atoms with Crippen molar-refractivity contribution in [1.82, 2.24) is 5.32 Å². The van der Waals surface area contributed by atoms with Crippen molar-refractivity contribution in [1.29, 1.82) is 0 Å². The predicted octanol–water partition coefficient (Wildman–Crippen LogP) is 4.08. The normalized spacial score (nSPS) is 10.2. The third-order valence-corrected chi connectivity index (χ3v) is 3.44. The van der Waals surface area contributed by atoms with Gasteiger partial charge in [0.05, 0.1) is 0 Å². The first-order valence-corrected chi connectivity index (χ1v) is 7.22. The van der Waals surface area contributed by atoms with E-state index in [1.807, 2.05) is 60.7 Å². The Bertz CT molecular complexity index is 751. The molecule has 0 saturated carbocycles. The molecule has 3 rings (SSSR count). The van der Waals surface area contributed by atoms with E-state index in [4.69, 9.17) is 0 Å².